The van der Waals surface area contributed by atoms with E-state index in [1.165, 1.54) is 6.07 Å². The average molecular weight is 815 g/mol. The van der Waals surface area contributed by atoms with E-state index in [1.807, 2.05) is 12.1 Å². The van der Waals surface area contributed by atoms with Gasteiger partial charge >= 0.3 is 6.18 Å². The second-order valence-electron chi connectivity index (χ2n) is 14.6. The summed E-state index contributed by atoms with van der Waals surface area (Å²) in [7, 11) is 0. The van der Waals surface area contributed by atoms with Crippen molar-refractivity contribution in [1.82, 2.24) is 14.7 Å². The van der Waals surface area contributed by atoms with E-state index in [-0.39, 0.29) is 17.4 Å². The van der Waals surface area contributed by atoms with Gasteiger partial charge in [0.05, 0.1) is 31.1 Å². The van der Waals surface area contributed by atoms with E-state index in [2.05, 4.69) is 69.2 Å². The molecular weight excluding hydrogens is 749 g/mol. The Morgan fingerprint density at radius 1 is 0.603 bits per heavy atom. The summed E-state index contributed by atoms with van der Waals surface area (Å²) in [5.41, 5.74) is 2.05. The van der Waals surface area contributed by atoms with E-state index < -0.39 is 17.6 Å². The molecule has 0 aromatic heterocycles. The van der Waals surface area contributed by atoms with E-state index in [1.54, 1.807) is 12.1 Å². The Kier molecular flexibility index (Phi) is 19.1. The van der Waals surface area contributed by atoms with Crippen molar-refractivity contribution in [3.63, 3.8) is 0 Å². The highest BCUT2D eigenvalue weighted by Gasteiger charge is 2.35. The molecule has 0 saturated carbocycles. The Balaban J connectivity index is 1.73. The van der Waals surface area contributed by atoms with Crippen LogP contribution in [0.4, 0.5) is 23.2 Å². The van der Waals surface area contributed by atoms with Gasteiger partial charge in [-0.1, -0.05) is 61.3 Å². The molecule has 322 valence electrons. The predicted octanol–water partition coefficient (Wildman–Crippen LogP) is 11.4. The number of hydrogen-bond acceptors (Lipinski definition) is 8. The monoisotopic (exact) mass is 815 g/mol. The lowest BCUT2D eigenvalue weighted by Gasteiger charge is -2.21. The molecule has 1 atom stereocenters. The SMILES string of the molecule is CCCCC1C(c2ccc(Oc3ccc(F)c(C(F)(F)F)c3)cc2OCCCN(CC)CC)=Nc2c(OCCCN(CC)CC)cc(OCCCN(CC)CC)cc21. The number of benzene rings is 3. The van der Waals surface area contributed by atoms with Crippen LogP contribution in [0, 0.1) is 5.82 Å². The molecule has 0 spiro atoms. The molecule has 4 rings (SSSR count). The van der Waals surface area contributed by atoms with Crippen LogP contribution in [0.2, 0.25) is 0 Å². The minimum atomic E-state index is -4.86. The van der Waals surface area contributed by atoms with Gasteiger partial charge in [0.2, 0.25) is 0 Å². The fourth-order valence-corrected chi connectivity index (χ4v) is 7.33. The first-order valence-corrected chi connectivity index (χ1v) is 21.5. The molecule has 1 unspecified atom stereocenters. The van der Waals surface area contributed by atoms with Gasteiger partial charge in [-0.3, -0.25) is 0 Å². The van der Waals surface area contributed by atoms with Crippen LogP contribution in [0.25, 0.3) is 0 Å². The van der Waals surface area contributed by atoms with E-state index in [4.69, 9.17) is 23.9 Å². The summed E-state index contributed by atoms with van der Waals surface area (Å²) in [6, 6.07) is 12.0. The number of nitrogens with zero attached hydrogens (tertiary/aromatic N) is 4. The molecule has 0 amide bonds. The minimum absolute atomic E-state index is 0.0802. The normalized spacial score (nSPS) is 14.0. The topological polar surface area (TPSA) is 59.0 Å². The van der Waals surface area contributed by atoms with Gasteiger partial charge in [0, 0.05) is 43.2 Å². The van der Waals surface area contributed by atoms with Gasteiger partial charge in [-0.2, -0.15) is 13.2 Å². The van der Waals surface area contributed by atoms with Crippen molar-refractivity contribution in [2.45, 2.75) is 99.1 Å². The highest BCUT2D eigenvalue weighted by atomic mass is 19.4. The zero-order valence-electron chi connectivity index (χ0n) is 35.9. The third-order valence-electron chi connectivity index (χ3n) is 10.9. The highest BCUT2D eigenvalue weighted by molar-refractivity contribution is 6.12. The fraction of sp³-hybridized carbons (Fsp3) is 0.587. The predicted molar refractivity (Wildman–Crippen MR) is 227 cm³/mol. The number of rotatable bonds is 27. The Morgan fingerprint density at radius 3 is 1.67 bits per heavy atom. The van der Waals surface area contributed by atoms with E-state index in [0.717, 1.165) is 132 Å². The summed E-state index contributed by atoms with van der Waals surface area (Å²) in [6.07, 6.45) is 0.473. The minimum Gasteiger partial charge on any atom is -0.493 e. The van der Waals surface area contributed by atoms with Crippen LogP contribution in [0.15, 0.2) is 53.5 Å². The van der Waals surface area contributed by atoms with Crippen molar-refractivity contribution in [3.8, 4) is 28.7 Å². The summed E-state index contributed by atoms with van der Waals surface area (Å²) < 4.78 is 80.2. The summed E-state index contributed by atoms with van der Waals surface area (Å²) in [5.74, 6) is 0.648. The second kappa shape index (κ2) is 23.7. The molecule has 0 saturated heterocycles. The zero-order valence-corrected chi connectivity index (χ0v) is 35.9. The summed E-state index contributed by atoms with van der Waals surface area (Å²) >= 11 is 0. The molecule has 0 aliphatic carbocycles. The number of aliphatic imine (C=N–C) groups is 1. The number of hydrogen-bond donors (Lipinski definition) is 0. The number of halogens is 4. The molecule has 58 heavy (non-hydrogen) atoms. The van der Waals surface area contributed by atoms with Crippen LogP contribution >= 0.6 is 0 Å². The van der Waals surface area contributed by atoms with E-state index in [9.17, 15) is 17.6 Å². The zero-order chi connectivity index (χ0) is 42.1. The Morgan fingerprint density at radius 2 is 1.12 bits per heavy atom. The largest absolute Gasteiger partial charge is 0.493 e. The Labute approximate surface area is 344 Å². The lowest BCUT2D eigenvalue weighted by atomic mass is 9.87. The summed E-state index contributed by atoms with van der Waals surface area (Å²) in [6.45, 7) is 25.2. The molecule has 12 heteroatoms. The van der Waals surface area contributed by atoms with E-state index >= 15 is 0 Å². The number of fused-ring (bicyclic) bond motifs is 1. The van der Waals surface area contributed by atoms with Crippen LogP contribution in [-0.2, 0) is 6.18 Å². The molecule has 3 aromatic carbocycles. The smallest absolute Gasteiger partial charge is 0.419 e. The van der Waals surface area contributed by atoms with Gasteiger partial charge in [0.25, 0.3) is 0 Å². The molecule has 0 radical (unpaired) electrons. The van der Waals surface area contributed by atoms with Crippen molar-refractivity contribution in [2.24, 2.45) is 4.99 Å². The molecule has 1 aliphatic heterocycles. The van der Waals surface area contributed by atoms with Crippen LogP contribution in [0.5, 0.6) is 28.7 Å². The lowest BCUT2D eigenvalue weighted by molar-refractivity contribution is -0.140. The van der Waals surface area contributed by atoms with Crippen LogP contribution in [0.1, 0.15) is 110 Å². The molecule has 1 heterocycles. The summed E-state index contributed by atoms with van der Waals surface area (Å²) in [5, 5.41) is 0. The first-order chi connectivity index (χ1) is 28.0. The third-order valence-corrected chi connectivity index (χ3v) is 10.9. The third kappa shape index (κ3) is 13.3. The van der Waals surface area contributed by atoms with Crippen LogP contribution < -0.4 is 18.9 Å². The van der Waals surface area contributed by atoms with Crippen LogP contribution in [-0.4, -0.2) is 99.1 Å². The summed E-state index contributed by atoms with van der Waals surface area (Å²) in [4.78, 5) is 12.4. The van der Waals surface area contributed by atoms with Crippen molar-refractivity contribution in [2.75, 3.05) is 78.7 Å². The highest BCUT2D eigenvalue weighted by Crippen LogP contribution is 2.49. The Hall–Kier alpha value is -3.87. The second-order valence-corrected chi connectivity index (χ2v) is 14.6. The molecule has 3 aromatic rings. The van der Waals surface area contributed by atoms with Gasteiger partial charge in [0.1, 0.15) is 40.3 Å². The van der Waals surface area contributed by atoms with Gasteiger partial charge in [0.15, 0.2) is 0 Å². The molecule has 0 N–H and O–H groups in total. The molecule has 0 fully saturated rings. The number of alkyl halides is 3. The molecule has 1 aliphatic rings. The number of unbranched alkanes of at least 4 members (excludes halogenated alkanes) is 1. The maximum absolute atomic E-state index is 14.1. The van der Waals surface area contributed by atoms with Crippen LogP contribution in [0.3, 0.4) is 0 Å². The Bertz CT molecular complexity index is 1720. The molecular formula is C46H66F4N4O4. The molecule has 0 bridgehead atoms. The van der Waals surface area contributed by atoms with Gasteiger partial charge in [-0.25, -0.2) is 9.38 Å². The average Bonchev–Trinajstić information content (AvgIpc) is 3.58. The van der Waals surface area contributed by atoms with Crippen molar-refractivity contribution >= 4 is 11.4 Å². The van der Waals surface area contributed by atoms with Gasteiger partial charge in [-0.05, 0) is 107 Å². The first-order valence-electron chi connectivity index (χ1n) is 21.5. The van der Waals surface area contributed by atoms with Gasteiger partial charge < -0.3 is 33.6 Å². The fourth-order valence-electron chi connectivity index (χ4n) is 7.33. The lowest BCUT2D eigenvalue weighted by Crippen LogP contribution is -2.25. The van der Waals surface area contributed by atoms with Crippen molar-refractivity contribution in [3.05, 3.63) is 71.0 Å². The maximum atomic E-state index is 14.1. The van der Waals surface area contributed by atoms with Gasteiger partial charge in [-0.15, -0.1) is 0 Å². The van der Waals surface area contributed by atoms with E-state index in [0.29, 0.717) is 37.4 Å². The number of ether oxygens (including phenoxy) is 4. The first kappa shape index (κ1) is 46.8. The maximum Gasteiger partial charge on any atom is 0.419 e. The standard InChI is InChI=1S/C46H66F4N4O4/c1-8-15-19-37-39-30-36(55-27-16-24-52(9-2)10-3)33-43(57-29-18-26-54(13-6)14-7)45(39)51-44(37)38-22-20-35(32-42(38)56-28-17-25-53(11-4)12-5)58-34-21-23-41(47)40(31-34)46(48,49)50/h20-23,30-33,37H,8-19,24-29H2,1-7H3. The van der Waals surface area contributed by atoms with Crippen molar-refractivity contribution in [1.29, 1.82) is 0 Å². The molecule has 8 nitrogen and oxygen atoms in total. The van der Waals surface area contributed by atoms with Crippen molar-refractivity contribution < 1.29 is 36.5 Å². The quantitative estimate of drug-likeness (QED) is 0.0561.